The van der Waals surface area contributed by atoms with E-state index in [-0.39, 0.29) is 17.5 Å². The zero-order valence-corrected chi connectivity index (χ0v) is 25.2. The third-order valence-corrected chi connectivity index (χ3v) is 8.18. The number of benzene rings is 2. The molecule has 3 heterocycles. The number of ether oxygens (including phenoxy) is 1. The van der Waals surface area contributed by atoms with Crippen molar-refractivity contribution in [3.05, 3.63) is 83.3 Å². The van der Waals surface area contributed by atoms with Crippen LogP contribution in [0.3, 0.4) is 0 Å². The molecule has 2 aromatic heterocycles. The average molecular weight is 596 g/mol. The number of fused-ring (bicyclic) bond motifs is 2. The number of aliphatic hydroxyl groups excluding tert-OH is 1. The number of nitrogens with one attached hydrogen (secondary N) is 1. The standard InChI is InChI=1S/C33H37N7O4/c1-5-29(42)39-14-13-38(27-8-6-7-21(2)30(27)39)28-17-22-20-34-33(36-31(22)40(32(28)43)24-18-25(41)19-24)35-23-9-11-26(12-10-23)44-16-15-37(3)4/h5-12,17,20,24-25,41H,1,13-16,18-19H2,2-4H3,(H,34,35,36). The van der Waals surface area contributed by atoms with Crippen LogP contribution in [0.15, 0.2) is 72.2 Å². The molecule has 11 nitrogen and oxygen atoms in total. The lowest BCUT2D eigenvalue weighted by Gasteiger charge is -2.39. The molecule has 1 aliphatic carbocycles. The number of hydrogen-bond donors (Lipinski definition) is 2. The molecular weight excluding hydrogens is 558 g/mol. The van der Waals surface area contributed by atoms with Crippen molar-refractivity contribution in [3.8, 4) is 5.75 Å². The molecule has 2 aliphatic rings. The highest BCUT2D eigenvalue weighted by Crippen LogP contribution is 2.41. The summed E-state index contributed by atoms with van der Waals surface area (Å²) in [6, 6.07) is 15.0. The summed E-state index contributed by atoms with van der Waals surface area (Å²) >= 11 is 0. The third kappa shape index (κ3) is 5.63. The van der Waals surface area contributed by atoms with Gasteiger partial charge in [-0.05, 0) is 81.9 Å². The van der Waals surface area contributed by atoms with Crippen LogP contribution in [0.5, 0.6) is 5.75 Å². The Labute approximate surface area is 256 Å². The summed E-state index contributed by atoms with van der Waals surface area (Å²) in [5.74, 6) is 0.949. The molecule has 1 fully saturated rings. The first-order valence-electron chi connectivity index (χ1n) is 14.8. The first kappa shape index (κ1) is 29.3. The number of aryl methyl sites for hydroxylation is 1. The summed E-state index contributed by atoms with van der Waals surface area (Å²) < 4.78 is 7.49. The van der Waals surface area contributed by atoms with E-state index in [1.165, 1.54) is 6.08 Å². The van der Waals surface area contributed by atoms with Gasteiger partial charge in [0.15, 0.2) is 0 Å². The molecule has 0 atom stereocenters. The molecule has 0 unspecified atom stereocenters. The van der Waals surface area contributed by atoms with E-state index in [1.807, 2.05) is 74.4 Å². The fourth-order valence-electron chi connectivity index (χ4n) is 5.80. The molecule has 1 aliphatic heterocycles. The van der Waals surface area contributed by atoms with Crippen LogP contribution in [0.25, 0.3) is 11.0 Å². The highest BCUT2D eigenvalue weighted by atomic mass is 16.5. The van der Waals surface area contributed by atoms with E-state index in [0.29, 0.717) is 55.2 Å². The number of aliphatic hydroxyl groups is 1. The van der Waals surface area contributed by atoms with Gasteiger partial charge in [-0.15, -0.1) is 0 Å². The van der Waals surface area contributed by atoms with Gasteiger partial charge in [0.1, 0.15) is 23.7 Å². The largest absolute Gasteiger partial charge is 0.492 e. The smallest absolute Gasteiger partial charge is 0.276 e. The summed E-state index contributed by atoms with van der Waals surface area (Å²) in [6.07, 6.45) is 3.51. The van der Waals surface area contributed by atoms with Crippen molar-refractivity contribution in [1.29, 1.82) is 0 Å². The Hall–Kier alpha value is -4.74. The summed E-state index contributed by atoms with van der Waals surface area (Å²) in [5.41, 5.74) is 4.03. The lowest BCUT2D eigenvalue weighted by Crippen LogP contribution is -2.45. The number of anilines is 5. The minimum Gasteiger partial charge on any atom is -0.492 e. The monoisotopic (exact) mass is 595 g/mol. The van der Waals surface area contributed by atoms with Crippen LogP contribution in [0, 0.1) is 6.92 Å². The number of pyridine rings is 1. The van der Waals surface area contributed by atoms with E-state index in [2.05, 4.69) is 21.8 Å². The maximum atomic E-state index is 14.3. The number of carbonyl (C=O) groups excluding carboxylic acids is 1. The Morgan fingerprint density at radius 3 is 2.64 bits per heavy atom. The highest BCUT2D eigenvalue weighted by molar-refractivity contribution is 6.05. The van der Waals surface area contributed by atoms with Crippen molar-refractivity contribution >= 4 is 45.6 Å². The molecule has 11 heteroatoms. The Kier molecular flexibility index (Phi) is 8.07. The number of aromatic nitrogens is 3. The average Bonchev–Trinajstić information content (AvgIpc) is 3.00. The first-order chi connectivity index (χ1) is 21.2. The molecule has 6 rings (SSSR count). The van der Waals surface area contributed by atoms with Gasteiger partial charge in [-0.3, -0.25) is 14.2 Å². The summed E-state index contributed by atoms with van der Waals surface area (Å²) in [6.45, 7) is 7.87. The van der Waals surface area contributed by atoms with Crippen LogP contribution in [0.2, 0.25) is 0 Å². The molecule has 0 bridgehead atoms. The summed E-state index contributed by atoms with van der Waals surface area (Å²) in [4.78, 5) is 42.1. The van der Waals surface area contributed by atoms with E-state index >= 15 is 0 Å². The van der Waals surface area contributed by atoms with E-state index in [4.69, 9.17) is 9.72 Å². The number of para-hydroxylation sites is 1. The molecule has 0 radical (unpaired) electrons. The normalized spacial score (nSPS) is 17.8. The molecule has 4 aromatic rings. The molecule has 228 valence electrons. The second kappa shape index (κ2) is 12.1. The zero-order valence-electron chi connectivity index (χ0n) is 25.2. The van der Waals surface area contributed by atoms with E-state index in [0.717, 1.165) is 34.9 Å². The number of hydrogen-bond acceptors (Lipinski definition) is 9. The van der Waals surface area contributed by atoms with Crippen LogP contribution in [-0.4, -0.2) is 76.9 Å². The number of rotatable bonds is 9. The predicted octanol–water partition coefficient (Wildman–Crippen LogP) is 4.15. The summed E-state index contributed by atoms with van der Waals surface area (Å²) in [5, 5.41) is 14.1. The molecule has 2 N–H and O–H groups in total. The summed E-state index contributed by atoms with van der Waals surface area (Å²) in [7, 11) is 4.00. The second-order valence-corrected chi connectivity index (χ2v) is 11.5. The SMILES string of the molecule is C=CC(=O)N1CCN(c2cc3cnc(Nc4ccc(OCCN(C)C)cc4)nc3n(C3CC(O)C3)c2=O)c2cccc(C)c21. The van der Waals surface area contributed by atoms with Gasteiger partial charge in [0.05, 0.1) is 17.5 Å². The van der Waals surface area contributed by atoms with Crippen molar-refractivity contribution in [1.82, 2.24) is 19.4 Å². The van der Waals surface area contributed by atoms with Crippen molar-refractivity contribution in [3.63, 3.8) is 0 Å². The van der Waals surface area contributed by atoms with Crippen molar-refractivity contribution < 1.29 is 14.6 Å². The van der Waals surface area contributed by atoms with Crippen LogP contribution in [0.4, 0.5) is 28.7 Å². The Morgan fingerprint density at radius 1 is 1.16 bits per heavy atom. The van der Waals surface area contributed by atoms with Crippen molar-refractivity contribution in [2.75, 3.05) is 55.5 Å². The molecule has 2 aromatic carbocycles. The maximum absolute atomic E-state index is 14.3. The van der Waals surface area contributed by atoms with Gasteiger partial charge < -0.3 is 29.9 Å². The zero-order chi connectivity index (χ0) is 31.0. The first-order valence-corrected chi connectivity index (χ1v) is 14.8. The van der Waals surface area contributed by atoms with Crippen LogP contribution in [-0.2, 0) is 4.79 Å². The third-order valence-electron chi connectivity index (χ3n) is 8.18. The van der Waals surface area contributed by atoms with Crippen LogP contribution < -0.4 is 25.4 Å². The highest BCUT2D eigenvalue weighted by Gasteiger charge is 2.34. The van der Waals surface area contributed by atoms with Crippen LogP contribution >= 0.6 is 0 Å². The Balaban J connectivity index is 1.36. The molecule has 1 amide bonds. The van der Waals surface area contributed by atoms with Gasteiger partial charge >= 0.3 is 0 Å². The van der Waals surface area contributed by atoms with E-state index < -0.39 is 6.10 Å². The molecular formula is C33H37N7O4. The predicted molar refractivity (Wildman–Crippen MR) is 173 cm³/mol. The van der Waals surface area contributed by atoms with Gasteiger partial charge in [0, 0.05) is 42.9 Å². The van der Waals surface area contributed by atoms with Gasteiger partial charge in [-0.1, -0.05) is 18.7 Å². The molecule has 0 spiro atoms. The lowest BCUT2D eigenvalue weighted by atomic mass is 9.89. The van der Waals surface area contributed by atoms with Gasteiger partial charge in [0.2, 0.25) is 5.95 Å². The molecule has 44 heavy (non-hydrogen) atoms. The number of amides is 1. The second-order valence-electron chi connectivity index (χ2n) is 11.5. The topological polar surface area (TPSA) is 116 Å². The lowest BCUT2D eigenvalue weighted by molar-refractivity contribution is -0.114. The fraction of sp³-hybridized carbons (Fsp3) is 0.333. The minimum atomic E-state index is -0.458. The van der Waals surface area contributed by atoms with Crippen molar-refractivity contribution in [2.45, 2.75) is 31.9 Å². The molecule has 0 saturated heterocycles. The number of carbonyl (C=O) groups is 1. The quantitative estimate of drug-likeness (QED) is 0.275. The number of nitrogens with zero attached hydrogens (tertiary/aromatic N) is 6. The fourth-order valence-corrected chi connectivity index (χ4v) is 5.80. The van der Waals surface area contributed by atoms with Gasteiger partial charge in [-0.2, -0.15) is 4.98 Å². The number of likely N-dealkylation sites (N-methyl/N-ethyl adjacent to an activating group) is 1. The van der Waals surface area contributed by atoms with Crippen molar-refractivity contribution in [2.24, 2.45) is 0 Å². The van der Waals surface area contributed by atoms with Gasteiger partial charge in [0.25, 0.3) is 11.5 Å². The maximum Gasteiger partial charge on any atom is 0.276 e. The van der Waals surface area contributed by atoms with E-state index in [9.17, 15) is 14.7 Å². The van der Waals surface area contributed by atoms with Crippen LogP contribution in [0.1, 0.15) is 24.4 Å². The Morgan fingerprint density at radius 2 is 1.93 bits per heavy atom. The Bertz CT molecular complexity index is 1760. The molecule has 1 saturated carbocycles. The minimum absolute atomic E-state index is 0.181. The van der Waals surface area contributed by atoms with E-state index in [1.54, 1.807) is 15.7 Å². The van der Waals surface area contributed by atoms with Gasteiger partial charge in [-0.25, -0.2) is 4.98 Å².